The Morgan fingerprint density at radius 1 is 1.05 bits per heavy atom. The molecule has 0 aliphatic carbocycles. The predicted molar refractivity (Wildman–Crippen MR) is 81.2 cm³/mol. The van der Waals surface area contributed by atoms with Crippen molar-refractivity contribution in [2.24, 2.45) is 0 Å². The van der Waals surface area contributed by atoms with Crippen LogP contribution < -0.4 is 0 Å². The second-order valence-corrected chi connectivity index (χ2v) is 9.32. The van der Waals surface area contributed by atoms with Crippen LogP contribution in [0.2, 0.25) is 5.02 Å². The number of sulfonamides is 2. The van der Waals surface area contributed by atoms with Crippen LogP contribution in [0.4, 0.5) is 4.39 Å². The fourth-order valence-electron chi connectivity index (χ4n) is 2.23. The lowest BCUT2D eigenvalue weighted by Crippen LogP contribution is -2.36. The van der Waals surface area contributed by atoms with Crippen LogP contribution in [-0.2, 0) is 20.0 Å². The van der Waals surface area contributed by atoms with E-state index in [1.807, 2.05) is 0 Å². The average Bonchev–Trinajstić information content (AvgIpc) is 2.67. The highest BCUT2D eigenvalue weighted by Crippen LogP contribution is 2.23. The molecule has 1 fully saturated rings. The monoisotopic (exact) mass is 370 g/mol. The number of benzene rings is 1. The zero-order chi connectivity index (χ0) is 16.5. The third-order valence-electron chi connectivity index (χ3n) is 3.41. The SMILES string of the molecule is CS(=O)(=O)N1CCCN(S(=O)(=O)c2ccc(F)c(Cl)c2)CC1. The summed E-state index contributed by atoms with van der Waals surface area (Å²) >= 11 is 5.63. The van der Waals surface area contributed by atoms with Gasteiger partial charge in [0.2, 0.25) is 20.0 Å². The van der Waals surface area contributed by atoms with Crippen molar-refractivity contribution >= 4 is 31.6 Å². The van der Waals surface area contributed by atoms with Crippen molar-refractivity contribution in [3.8, 4) is 0 Å². The second kappa shape index (κ2) is 6.40. The van der Waals surface area contributed by atoms with Crippen molar-refractivity contribution in [1.29, 1.82) is 0 Å². The van der Waals surface area contributed by atoms with Crippen LogP contribution in [0.5, 0.6) is 0 Å². The van der Waals surface area contributed by atoms with E-state index < -0.39 is 25.9 Å². The quantitative estimate of drug-likeness (QED) is 0.799. The predicted octanol–water partition coefficient (Wildman–Crippen LogP) is 1.14. The van der Waals surface area contributed by atoms with Gasteiger partial charge in [0.25, 0.3) is 0 Å². The topological polar surface area (TPSA) is 74.8 Å². The normalized spacial score (nSPS) is 19.0. The van der Waals surface area contributed by atoms with Crippen molar-refractivity contribution in [3.63, 3.8) is 0 Å². The van der Waals surface area contributed by atoms with Crippen LogP contribution in [0.15, 0.2) is 23.1 Å². The molecule has 1 saturated heterocycles. The molecule has 22 heavy (non-hydrogen) atoms. The summed E-state index contributed by atoms with van der Waals surface area (Å²) in [5, 5.41) is -0.270. The standard InChI is InChI=1S/C12H16ClFN2O4S2/c1-21(17,18)15-5-2-6-16(8-7-15)22(19,20)10-3-4-12(14)11(13)9-10/h3-4,9H,2,5-8H2,1H3. The zero-order valence-electron chi connectivity index (χ0n) is 11.9. The molecular formula is C12H16ClFN2O4S2. The maximum Gasteiger partial charge on any atom is 0.243 e. The molecule has 10 heteroatoms. The average molecular weight is 371 g/mol. The first-order chi connectivity index (χ1) is 10.1. The van der Waals surface area contributed by atoms with Crippen molar-refractivity contribution in [3.05, 3.63) is 29.0 Å². The number of halogens is 2. The molecule has 0 spiro atoms. The molecule has 0 saturated carbocycles. The Kier molecular flexibility index (Phi) is 5.13. The summed E-state index contributed by atoms with van der Waals surface area (Å²) in [4.78, 5) is -0.105. The summed E-state index contributed by atoms with van der Waals surface area (Å²) in [6.07, 6.45) is 1.48. The molecule has 124 valence electrons. The maximum absolute atomic E-state index is 13.2. The van der Waals surface area contributed by atoms with Gasteiger partial charge in [0.15, 0.2) is 0 Å². The van der Waals surface area contributed by atoms with Gasteiger partial charge in [-0.1, -0.05) is 11.6 Å². The molecule has 1 heterocycles. The Morgan fingerprint density at radius 3 is 2.23 bits per heavy atom. The lowest BCUT2D eigenvalue weighted by Gasteiger charge is -2.20. The molecular weight excluding hydrogens is 355 g/mol. The van der Waals surface area contributed by atoms with Gasteiger partial charge in [0, 0.05) is 26.2 Å². The van der Waals surface area contributed by atoms with Gasteiger partial charge in [-0.15, -0.1) is 0 Å². The molecule has 0 atom stereocenters. The van der Waals surface area contributed by atoms with Gasteiger partial charge in [-0.3, -0.25) is 0 Å². The van der Waals surface area contributed by atoms with E-state index in [9.17, 15) is 21.2 Å². The fourth-order valence-corrected chi connectivity index (χ4v) is 4.84. The molecule has 1 aromatic carbocycles. The van der Waals surface area contributed by atoms with Gasteiger partial charge in [0.05, 0.1) is 16.2 Å². The summed E-state index contributed by atoms with van der Waals surface area (Å²) in [6.45, 7) is 0.607. The van der Waals surface area contributed by atoms with E-state index in [-0.39, 0.29) is 36.1 Å². The molecule has 0 amide bonds. The minimum absolute atomic E-state index is 0.0460. The molecule has 0 bridgehead atoms. The first-order valence-electron chi connectivity index (χ1n) is 6.53. The molecule has 0 radical (unpaired) electrons. The van der Waals surface area contributed by atoms with Gasteiger partial charge in [-0.05, 0) is 24.6 Å². The Hall–Kier alpha value is -0.740. The Balaban J connectivity index is 2.25. The number of nitrogens with zero attached hydrogens (tertiary/aromatic N) is 2. The molecule has 0 aromatic heterocycles. The number of rotatable bonds is 3. The van der Waals surface area contributed by atoms with E-state index in [0.717, 1.165) is 24.5 Å². The summed E-state index contributed by atoms with van der Waals surface area (Å²) in [7, 11) is -7.19. The summed E-state index contributed by atoms with van der Waals surface area (Å²) in [6, 6.07) is 3.21. The number of hydrogen-bond donors (Lipinski definition) is 0. The third-order valence-corrected chi connectivity index (χ3v) is 6.90. The first kappa shape index (κ1) is 17.6. The van der Waals surface area contributed by atoms with Crippen molar-refractivity contribution < 1.29 is 21.2 Å². The molecule has 1 aliphatic heterocycles. The van der Waals surface area contributed by atoms with Gasteiger partial charge < -0.3 is 0 Å². The Morgan fingerprint density at radius 2 is 1.64 bits per heavy atom. The van der Waals surface area contributed by atoms with E-state index in [1.54, 1.807) is 0 Å². The molecule has 6 nitrogen and oxygen atoms in total. The summed E-state index contributed by atoms with van der Waals surface area (Å²) in [5.41, 5.74) is 0. The molecule has 2 rings (SSSR count). The highest BCUT2D eigenvalue weighted by molar-refractivity contribution is 7.89. The van der Waals surface area contributed by atoms with E-state index in [1.165, 1.54) is 8.61 Å². The van der Waals surface area contributed by atoms with Crippen LogP contribution in [0.3, 0.4) is 0 Å². The van der Waals surface area contributed by atoms with E-state index in [0.29, 0.717) is 6.42 Å². The lowest BCUT2D eigenvalue weighted by molar-refractivity contribution is 0.406. The van der Waals surface area contributed by atoms with Crippen LogP contribution >= 0.6 is 11.6 Å². The smallest absolute Gasteiger partial charge is 0.213 e. The van der Waals surface area contributed by atoms with Crippen molar-refractivity contribution in [1.82, 2.24) is 8.61 Å². The van der Waals surface area contributed by atoms with E-state index in [2.05, 4.69) is 0 Å². The first-order valence-corrected chi connectivity index (χ1v) is 10.2. The summed E-state index contributed by atoms with van der Waals surface area (Å²) < 4.78 is 63.8. The van der Waals surface area contributed by atoms with Gasteiger partial charge >= 0.3 is 0 Å². The third kappa shape index (κ3) is 3.77. The second-order valence-electron chi connectivity index (χ2n) is 5.00. The van der Waals surface area contributed by atoms with Crippen molar-refractivity contribution in [2.75, 3.05) is 32.4 Å². The molecule has 1 aliphatic rings. The highest BCUT2D eigenvalue weighted by atomic mass is 35.5. The lowest BCUT2D eigenvalue weighted by atomic mass is 10.3. The molecule has 1 aromatic rings. The summed E-state index contributed by atoms with van der Waals surface area (Å²) in [5.74, 6) is -0.695. The molecule has 0 N–H and O–H groups in total. The Labute approximate surface area is 134 Å². The van der Waals surface area contributed by atoms with Crippen molar-refractivity contribution in [2.45, 2.75) is 11.3 Å². The largest absolute Gasteiger partial charge is 0.243 e. The highest BCUT2D eigenvalue weighted by Gasteiger charge is 2.29. The minimum atomic E-state index is -3.83. The number of hydrogen-bond acceptors (Lipinski definition) is 4. The minimum Gasteiger partial charge on any atom is -0.213 e. The zero-order valence-corrected chi connectivity index (χ0v) is 14.3. The van der Waals surface area contributed by atoms with Gasteiger partial charge in [0.1, 0.15) is 5.82 Å². The van der Waals surface area contributed by atoms with E-state index in [4.69, 9.17) is 11.6 Å². The van der Waals surface area contributed by atoms with Gasteiger partial charge in [-0.25, -0.2) is 25.5 Å². The van der Waals surface area contributed by atoms with Crippen LogP contribution in [0.1, 0.15) is 6.42 Å². The van der Waals surface area contributed by atoms with Crippen LogP contribution in [0, 0.1) is 5.82 Å². The van der Waals surface area contributed by atoms with Crippen LogP contribution in [0.25, 0.3) is 0 Å². The Bertz CT molecular complexity index is 767. The van der Waals surface area contributed by atoms with E-state index >= 15 is 0 Å². The fraction of sp³-hybridized carbons (Fsp3) is 0.500. The maximum atomic E-state index is 13.2. The molecule has 0 unspecified atom stereocenters. The van der Waals surface area contributed by atoms with Crippen LogP contribution in [-0.4, -0.2) is 57.9 Å². The van der Waals surface area contributed by atoms with Gasteiger partial charge in [-0.2, -0.15) is 4.31 Å².